The maximum absolute atomic E-state index is 5.84. The highest BCUT2D eigenvalue weighted by Gasteiger charge is 2.48. The smallest absolute Gasteiger partial charge is 0.169 e. The molecule has 2 fully saturated rings. The van der Waals surface area contributed by atoms with Gasteiger partial charge in [0.1, 0.15) is 0 Å². The summed E-state index contributed by atoms with van der Waals surface area (Å²) in [4.78, 5) is 0. The first-order valence-electron chi connectivity index (χ1n) is 6.64. The van der Waals surface area contributed by atoms with Crippen molar-refractivity contribution in [3.05, 3.63) is 0 Å². The van der Waals surface area contributed by atoms with Gasteiger partial charge in [-0.1, -0.05) is 13.3 Å². The van der Waals surface area contributed by atoms with Crippen molar-refractivity contribution >= 4 is 0 Å². The zero-order valence-electron chi connectivity index (χ0n) is 10.8. The zero-order valence-corrected chi connectivity index (χ0v) is 10.8. The van der Waals surface area contributed by atoms with Crippen molar-refractivity contribution in [2.75, 3.05) is 20.3 Å². The SMILES string of the molecule is CCC1CC2(C[C@H]1C[C@@H](C)NC)OCCO2. The van der Waals surface area contributed by atoms with E-state index in [9.17, 15) is 0 Å². The van der Waals surface area contributed by atoms with E-state index in [1.807, 2.05) is 7.05 Å². The van der Waals surface area contributed by atoms with E-state index in [1.54, 1.807) is 0 Å². The second kappa shape index (κ2) is 5.03. The van der Waals surface area contributed by atoms with E-state index < -0.39 is 0 Å². The molecule has 0 aromatic carbocycles. The molecule has 0 radical (unpaired) electrons. The van der Waals surface area contributed by atoms with E-state index in [1.165, 1.54) is 12.8 Å². The zero-order chi connectivity index (χ0) is 11.6. The molecule has 1 saturated heterocycles. The predicted octanol–water partition coefficient (Wildman–Crippen LogP) is 2.16. The van der Waals surface area contributed by atoms with Gasteiger partial charge in [-0.25, -0.2) is 0 Å². The largest absolute Gasteiger partial charge is 0.348 e. The molecule has 1 spiro atoms. The quantitative estimate of drug-likeness (QED) is 0.798. The lowest BCUT2D eigenvalue weighted by Gasteiger charge is -2.22. The molecular weight excluding hydrogens is 202 g/mol. The molecule has 94 valence electrons. The van der Waals surface area contributed by atoms with Gasteiger partial charge in [-0.15, -0.1) is 0 Å². The van der Waals surface area contributed by atoms with E-state index >= 15 is 0 Å². The molecule has 3 atom stereocenters. The lowest BCUT2D eigenvalue weighted by Crippen LogP contribution is -2.28. The highest BCUT2D eigenvalue weighted by Crippen LogP contribution is 2.47. The van der Waals surface area contributed by atoms with Crippen molar-refractivity contribution < 1.29 is 9.47 Å². The van der Waals surface area contributed by atoms with Crippen molar-refractivity contribution in [3.63, 3.8) is 0 Å². The molecule has 1 N–H and O–H groups in total. The number of ether oxygens (including phenoxy) is 2. The van der Waals surface area contributed by atoms with Gasteiger partial charge in [0, 0.05) is 18.9 Å². The Kier molecular flexibility index (Phi) is 3.88. The summed E-state index contributed by atoms with van der Waals surface area (Å²) in [6.45, 7) is 6.11. The summed E-state index contributed by atoms with van der Waals surface area (Å²) in [5.41, 5.74) is 0. The van der Waals surface area contributed by atoms with E-state index in [4.69, 9.17) is 9.47 Å². The second-order valence-corrected chi connectivity index (χ2v) is 5.37. The van der Waals surface area contributed by atoms with Gasteiger partial charge in [0.15, 0.2) is 5.79 Å². The van der Waals surface area contributed by atoms with Crippen LogP contribution in [-0.2, 0) is 9.47 Å². The molecule has 0 aromatic rings. The number of nitrogens with one attached hydrogen (secondary N) is 1. The Labute approximate surface area is 98.9 Å². The third-order valence-corrected chi connectivity index (χ3v) is 4.30. The van der Waals surface area contributed by atoms with Crippen LogP contribution in [0.3, 0.4) is 0 Å². The van der Waals surface area contributed by atoms with Crippen LogP contribution < -0.4 is 5.32 Å². The Morgan fingerprint density at radius 2 is 1.88 bits per heavy atom. The van der Waals surface area contributed by atoms with Crippen LogP contribution >= 0.6 is 0 Å². The number of rotatable bonds is 4. The van der Waals surface area contributed by atoms with Gasteiger partial charge in [-0.05, 0) is 32.2 Å². The highest BCUT2D eigenvalue weighted by atomic mass is 16.7. The summed E-state index contributed by atoms with van der Waals surface area (Å²) in [5, 5.41) is 3.33. The molecule has 0 aromatic heterocycles. The molecule has 16 heavy (non-hydrogen) atoms. The van der Waals surface area contributed by atoms with Gasteiger partial charge in [0.25, 0.3) is 0 Å². The molecule has 2 rings (SSSR count). The Morgan fingerprint density at radius 1 is 1.25 bits per heavy atom. The molecule has 1 heterocycles. The third-order valence-electron chi connectivity index (χ3n) is 4.30. The minimum Gasteiger partial charge on any atom is -0.348 e. The average molecular weight is 227 g/mol. The summed E-state index contributed by atoms with van der Waals surface area (Å²) < 4.78 is 11.7. The fourth-order valence-electron chi connectivity index (χ4n) is 3.27. The summed E-state index contributed by atoms with van der Waals surface area (Å²) in [7, 11) is 2.04. The normalized spacial score (nSPS) is 34.7. The predicted molar refractivity (Wildman–Crippen MR) is 64.3 cm³/mol. The summed E-state index contributed by atoms with van der Waals surface area (Å²) in [5.74, 6) is 1.32. The molecule has 3 nitrogen and oxygen atoms in total. The van der Waals surface area contributed by atoms with Crippen molar-refractivity contribution in [1.29, 1.82) is 0 Å². The van der Waals surface area contributed by atoms with E-state index in [0.717, 1.165) is 37.9 Å². The molecule has 0 bridgehead atoms. The van der Waals surface area contributed by atoms with Crippen molar-refractivity contribution in [2.45, 2.75) is 51.4 Å². The summed E-state index contributed by atoms with van der Waals surface area (Å²) in [6, 6.07) is 0.593. The van der Waals surface area contributed by atoms with Gasteiger partial charge in [0.05, 0.1) is 13.2 Å². The van der Waals surface area contributed by atoms with Crippen LogP contribution in [0.1, 0.15) is 39.5 Å². The van der Waals surface area contributed by atoms with Gasteiger partial charge >= 0.3 is 0 Å². The lowest BCUT2D eigenvalue weighted by molar-refractivity contribution is -0.154. The van der Waals surface area contributed by atoms with Gasteiger partial charge in [-0.3, -0.25) is 0 Å². The first-order chi connectivity index (χ1) is 7.69. The Balaban J connectivity index is 1.96. The minimum atomic E-state index is -0.210. The Hall–Kier alpha value is -0.120. The topological polar surface area (TPSA) is 30.5 Å². The molecule has 1 saturated carbocycles. The lowest BCUT2D eigenvalue weighted by atomic mass is 9.88. The van der Waals surface area contributed by atoms with Crippen molar-refractivity contribution in [2.24, 2.45) is 11.8 Å². The Morgan fingerprint density at radius 3 is 2.44 bits per heavy atom. The molecule has 2 aliphatic rings. The summed E-state index contributed by atoms with van der Waals surface area (Å²) in [6.07, 6.45) is 4.68. The fourth-order valence-corrected chi connectivity index (χ4v) is 3.27. The van der Waals surface area contributed by atoms with E-state index in [0.29, 0.717) is 6.04 Å². The van der Waals surface area contributed by atoms with E-state index in [-0.39, 0.29) is 5.79 Å². The fraction of sp³-hybridized carbons (Fsp3) is 1.00. The first kappa shape index (κ1) is 12.3. The van der Waals surface area contributed by atoms with Crippen LogP contribution in [0, 0.1) is 11.8 Å². The van der Waals surface area contributed by atoms with Crippen LogP contribution in [-0.4, -0.2) is 32.1 Å². The van der Waals surface area contributed by atoms with E-state index in [2.05, 4.69) is 19.2 Å². The maximum atomic E-state index is 5.84. The molecule has 3 heteroatoms. The van der Waals surface area contributed by atoms with Crippen LogP contribution in [0.15, 0.2) is 0 Å². The molecule has 1 unspecified atom stereocenters. The molecule has 1 aliphatic heterocycles. The highest BCUT2D eigenvalue weighted by molar-refractivity contribution is 4.92. The van der Waals surface area contributed by atoms with Crippen LogP contribution in [0.25, 0.3) is 0 Å². The van der Waals surface area contributed by atoms with Crippen LogP contribution in [0.5, 0.6) is 0 Å². The molecule has 1 aliphatic carbocycles. The van der Waals surface area contributed by atoms with Crippen molar-refractivity contribution in [3.8, 4) is 0 Å². The van der Waals surface area contributed by atoms with Crippen LogP contribution in [0.2, 0.25) is 0 Å². The molecule has 0 amide bonds. The maximum Gasteiger partial charge on any atom is 0.169 e. The molecular formula is C13H25NO2. The first-order valence-corrected chi connectivity index (χ1v) is 6.64. The van der Waals surface area contributed by atoms with Gasteiger partial charge < -0.3 is 14.8 Å². The standard InChI is InChI=1S/C13H25NO2/c1-4-11-8-13(15-5-6-16-13)9-12(11)7-10(2)14-3/h10-12,14H,4-9H2,1-3H3/t10-,11?,12-/m1/s1. The minimum absolute atomic E-state index is 0.210. The monoisotopic (exact) mass is 227 g/mol. The summed E-state index contributed by atoms with van der Waals surface area (Å²) >= 11 is 0. The number of hydrogen-bond donors (Lipinski definition) is 1. The third kappa shape index (κ3) is 2.41. The second-order valence-electron chi connectivity index (χ2n) is 5.37. The average Bonchev–Trinajstić information content (AvgIpc) is 2.87. The van der Waals surface area contributed by atoms with Gasteiger partial charge in [0.2, 0.25) is 0 Å². The van der Waals surface area contributed by atoms with Crippen molar-refractivity contribution in [1.82, 2.24) is 5.32 Å². The number of hydrogen-bond acceptors (Lipinski definition) is 3. The Bertz CT molecular complexity index is 226. The van der Waals surface area contributed by atoms with Gasteiger partial charge in [-0.2, -0.15) is 0 Å². The van der Waals surface area contributed by atoms with Crippen LogP contribution in [0.4, 0.5) is 0 Å².